The smallest absolute Gasteiger partial charge is 0.326 e. The quantitative estimate of drug-likeness (QED) is 0.857. The average Bonchev–Trinajstić information content (AvgIpc) is 3.13. The standard InChI is InChI=1S/C14H17F3N6O/c1-3-6-23-10(4-5-18-23)12(24)21-7-8-22-11(9(21)2)19-20-13(22)14(15,16)17/h4-5,9H,3,6-8H2,1-2H3. The van der Waals surface area contributed by atoms with E-state index >= 15 is 0 Å². The fourth-order valence-electron chi connectivity index (χ4n) is 2.92. The molecule has 0 fully saturated rings. The molecular formula is C14H17F3N6O. The van der Waals surface area contributed by atoms with E-state index in [9.17, 15) is 18.0 Å². The summed E-state index contributed by atoms with van der Waals surface area (Å²) in [6.07, 6.45) is -2.19. The van der Waals surface area contributed by atoms with Crippen molar-refractivity contribution in [1.82, 2.24) is 29.4 Å². The Balaban J connectivity index is 1.89. The van der Waals surface area contributed by atoms with Gasteiger partial charge in [-0.1, -0.05) is 6.92 Å². The molecule has 1 aliphatic rings. The van der Waals surface area contributed by atoms with Crippen LogP contribution < -0.4 is 0 Å². The molecule has 3 heterocycles. The Morgan fingerprint density at radius 2 is 2.08 bits per heavy atom. The van der Waals surface area contributed by atoms with Crippen LogP contribution in [0.1, 0.15) is 48.4 Å². The van der Waals surface area contributed by atoms with Crippen LogP contribution in [0.4, 0.5) is 13.2 Å². The molecule has 0 saturated carbocycles. The Hall–Kier alpha value is -2.39. The number of halogens is 3. The largest absolute Gasteiger partial charge is 0.451 e. The SMILES string of the molecule is CCCn1nccc1C(=O)N1CCn2c(nnc2C(F)(F)F)C1C. The second kappa shape index (κ2) is 5.91. The number of carbonyl (C=O) groups is 1. The highest BCUT2D eigenvalue weighted by molar-refractivity contribution is 5.92. The van der Waals surface area contributed by atoms with Gasteiger partial charge in [0, 0.05) is 25.8 Å². The van der Waals surface area contributed by atoms with E-state index < -0.39 is 18.0 Å². The molecule has 130 valence electrons. The Bertz CT molecular complexity index is 750. The van der Waals surface area contributed by atoms with Gasteiger partial charge in [0.2, 0.25) is 5.82 Å². The number of aromatic nitrogens is 5. The van der Waals surface area contributed by atoms with Crippen molar-refractivity contribution in [2.45, 2.75) is 45.6 Å². The molecule has 10 heteroatoms. The summed E-state index contributed by atoms with van der Waals surface area (Å²) >= 11 is 0. The number of carbonyl (C=O) groups excluding carboxylic acids is 1. The fraction of sp³-hybridized carbons (Fsp3) is 0.571. The number of nitrogens with zero attached hydrogens (tertiary/aromatic N) is 6. The lowest BCUT2D eigenvalue weighted by atomic mass is 10.2. The predicted molar refractivity (Wildman–Crippen MR) is 77.0 cm³/mol. The molecule has 24 heavy (non-hydrogen) atoms. The first-order chi connectivity index (χ1) is 11.3. The first-order valence-corrected chi connectivity index (χ1v) is 7.67. The first-order valence-electron chi connectivity index (χ1n) is 7.67. The summed E-state index contributed by atoms with van der Waals surface area (Å²) in [4.78, 5) is 14.3. The molecule has 1 amide bonds. The van der Waals surface area contributed by atoms with Crippen molar-refractivity contribution in [2.24, 2.45) is 0 Å². The van der Waals surface area contributed by atoms with Gasteiger partial charge >= 0.3 is 6.18 Å². The number of alkyl halides is 3. The second-order valence-corrected chi connectivity index (χ2v) is 5.65. The molecule has 7 nitrogen and oxygen atoms in total. The highest BCUT2D eigenvalue weighted by atomic mass is 19.4. The van der Waals surface area contributed by atoms with Gasteiger partial charge in [0.15, 0.2) is 5.82 Å². The van der Waals surface area contributed by atoms with Crippen LogP contribution in [-0.2, 0) is 19.3 Å². The van der Waals surface area contributed by atoms with Gasteiger partial charge in [-0.2, -0.15) is 18.3 Å². The molecule has 0 aliphatic carbocycles. The maximum absolute atomic E-state index is 12.9. The fourth-order valence-corrected chi connectivity index (χ4v) is 2.92. The van der Waals surface area contributed by atoms with Crippen molar-refractivity contribution in [3.05, 3.63) is 29.6 Å². The van der Waals surface area contributed by atoms with Crippen LogP contribution in [-0.4, -0.2) is 41.9 Å². The predicted octanol–water partition coefficient (Wildman–Crippen LogP) is 2.12. The second-order valence-electron chi connectivity index (χ2n) is 5.65. The van der Waals surface area contributed by atoms with Crippen LogP contribution in [0, 0.1) is 0 Å². The lowest BCUT2D eigenvalue weighted by Gasteiger charge is -2.33. The van der Waals surface area contributed by atoms with Gasteiger partial charge in [-0.25, -0.2) is 0 Å². The van der Waals surface area contributed by atoms with Gasteiger partial charge in [0.1, 0.15) is 5.69 Å². The number of rotatable bonds is 3. The number of hydrogen-bond donors (Lipinski definition) is 0. The molecule has 1 unspecified atom stereocenters. The van der Waals surface area contributed by atoms with Crippen molar-refractivity contribution < 1.29 is 18.0 Å². The van der Waals surface area contributed by atoms with E-state index in [1.165, 1.54) is 4.90 Å². The van der Waals surface area contributed by atoms with Gasteiger partial charge in [-0.05, 0) is 19.4 Å². The Morgan fingerprint density at radius 3 is 2.75 bits per heavy atom. The number of aryl methyl sites for hydroxylation is 1. The van der Waals surface area contributed by atoms with Crippen LogP contribution >= 0.6 is 0 Å². The van der Waals surface area contributed by atoms with Crippen LogP contribution in [0.15, 0.2) is 12.3 Å². The number of hydrogen-bond acceptors (Lipinski definition) is 4. The minimum Gasteiger partial charge on any atom is -0.326 e. The summed E-state index contributed by atoms with van der Waals surface area (Å²) in [7, 11) is 0. The lowest BCUT2D eigenvalue weighted by Crippen LogP contribution is -2.42. The third-order valence-electron chi connectivity index (χ3n) is 4.07. The van der Waals surface area contributed by atoms with Crippen molar-refractivity contribution in [1.29, 1.82) is 0 Å². The minimum atomic E-state index is -4.56. The molecule has 0 saturated heterocycles. The van der Waals surface area contributed by atoms with Gasteiger partial charge in [0.05, 0.1) is 6.04 Å². The van der Waals surface area contributed by atoms with E-state index in [0.717, 1.165) is 11.0 Å². The molecule has 1 atom stereocenters. The lowest BCUT2D eigenvalue weighted by molar-refractivity contribution is -0.148. The Morgan fingerprint density at radius 1 is 1.33 bits per heavy atom. The van der Waals surface area contributed by atoms with Crippen molar-refractivity contribution in [2.75, 3.05) is 6.54 Å². The van der Waals surface area contributed by atoms with Crippen molar-refractivity contribution >= 4 is 5.91 Å². The van der Waals surface area contributed by atoms with E-state index in [0.29, 0.717) is 12.2 Å². The molecular weight excluding hydrogens is 325 g/mol. The van der Waals surface area contributed by atoms with Gasteiger partial charge < -0.3 is 9.47 Å². The molecule has 2 aromatic rings. The first kappa shape index (κ1) is 16.5. The zero-order valence-corrected chi connectivity index (χ0v) is 13.3. The van der Waals surface area contributed by atoms with Crippen LogP contribution in [0.3, 0.4) is 0 Å². The van der Waals surface area contributed by atoms with Crippen LogP contribution in [0.2, 0.25) is 0 Å². The number of fused-ring (bicyclic) bond motifs is 1. The Kier molecular flexibility index (Phi) is 4.06. The van der Waals surface area contributed by atoms with E-state index in [1.807, 2.05) is 6.92 Å². The summed E-state index contributed by atoms with van der Waals surface area (Å²) < 4.78 is 41.5. The molecule has 0 aromatic carbocycles. The monoisotopic (exact) mass is 342 g/mol. The topological polar surface area (TPSA) is 68.8 Å². The Labute approximate surface area is 136 Å². The maximum atomic E-state index is 12.9. The molecule has 0 N–H and O–H groups in total. The average molecular weight is 342 g/mol. The molecule has 2 aromatic heterocycles. The van der Waals surface area contributed by atoms with Crippen molar-refractivity contribution in [3.63, 3.8) is 0 Å². The molecule has 1 aliphatic heterocycles. The highest BCUT2D eigenvalue weighted by Crippen LogP contribution is 2.33. The zero-order valence-electron chi connectivity index (χ0n) is 13.3. The normalized spacial score (nSPS) is 17.9. The molecule has 0 bridgehead atoms. The van der Waals surface area contributed by atoms with Gasteiger partial charge in [0.25, 0.3) is 5.91 Å². The summed E-state index contributed by atoms with van der Waals surface area (Å²) in [5, 5.41) is 11.0. The summed E-state index contributed by atoms with van der Waals surface area (Å²) in [5.41, 5.74) is 0.424. The van der Waals surface area contributed by atoms with E-state index in [2.05, 4.69) is 15.3 Å². The molecule has 0 spiro atoms. The maximum Gasteiger partial charge on any atom is 0.451 e. The third kappa shape index (κ3) is 2.65. The van der Waals surface area contributed by atoms with Gasteiger partial charge in [-0.3, -0.25) is 9.48 Å². The van der Waals surface area contributed by atoms with Crippen LogP contribution in [0.25, 0.3) is 0 Å². The van der Waals surface area contributed by atoms with E-state index in [4.69, 9.17) is 0 Å². The van der Waals surface area contributed by atoms with Crippen molar-refractivity contribution in [3.8, 4) is 0 Å². The number of amides is 1. The summed E-state index contributed by atoms with van der Waals surface area (Å²) in [6, 6.07) is 1.02. The summed E-state index contributed by atoms with van der Waals surface area (Å²) in [5.74, 6) is -1.15. The third-order valence-corrected chi connectivity index (χ3v) is 4.07. The highest BCUT2D eigenvalue weighted by Gasteiger charge is 2.42. The van der Waals surface area contributed by atoms with Crippen LogP contribution in [0.5, 0.6) is 0 Å². The zero-order chi connectivity index (χ0) is 17.5. The summed E-state index contributed by atoms with van der Waals surface area (Å²) in [6.45, 7) is 4.39. The van der Waals surface area contributed by atoms with E-state index in [-0.39, 0.29) is 24.8 Å². The van der Waals surface area contributed by atoms with Gasteiger partial charge in [-0.15, -0.1) is 10.2 Å². The molecule has 3 rings (SSSR count). The minimum absolute atomic E-state index is 0.00910. The van der Waals surface area contributed by atoms with E-state index in [1.54, 1.807) is 23.9 Å². The molecule has 0 radical (unpaired) electrons.